The van der Waals surface area contributed by atoms with E-state index in [1.54, 1.807) is 0 Å². The first-order chi connectivity index (χ1) is 5.84. The second kappa shape index (κ2) is 2.24. The molecule has 1 aromatic carbocycles. The minimum Gasteiger partial charge on any atom is -0.364 e. The van der Waals surface area contributed by atoms with Crippen LogP contribution in [0.2, 0.25) is 5.02 Å². The van der Waals surface area contributed by atoms with Crippen LogP contribution in [0.15, 0.2) is 18.2 Å². The topological polar surface area (TPSA) is 12.5 Å². The third kappa shape index (κ3) is 0.900. The summed E-state index contributed by atoms with van der Waals surface area (Å²) in [4.78, 5) is 0. The molecule has 1 fully saturated rings. The second-order valence-corrected chi connectivity index (χ2v) is 3.91. The van der Waals surface area contributed by atoms with Crippen molar-refractivity contribution in [2.75, 3.05) is 0 Å². The molecule has 2 atom stereocenters. The SMILES string of the molecule is Clc1ccc2c(c1)[C@@H]1O[C@H]1CC2. The predicted molar refractivity (Wildman–Crippen MR) is 47.4 cm³/mol. The van der Waals surface area contributed by atoms with E-state index in [0.717, 1.165) is 11.4 Å². The number of hydrogen-bond acceptors (Lipinski definition) is 1. The molecule has 1 aliphatic heterocycles. The Morgan fingerprint density at radius 3 is 3.25 bits per heavy atom. The van der Waals surface area contributed by atoms with Crippen LogP contribution in [0, 0.1) is 0 Å². The number of benzene rings is 1. The van der Waals surface area contributed by atoms with E-state index in [0.29, 0.717) is 12.2 Å². The molecule has 0 radical (unpaired) electrons. The zero-order valence-electron chi connectivity index (χ0n) is 6.59. The van der Waals surface area contributed by atoms with Crippen LogP contribution in [0.1, 0.15) is 23.7 Å². The molecule has 2 heteroatoms. The fourth-order valence-corrected chi connectivity index (χ4v) is 2.17. The van der Waals surface area contributed by atoms with Crippen LogP contribution in [0.25, 0.3) is 0 Å². The van der Waals surface area contributed by atoms with Gasteiger partial charge in [0.2, 0.25) is 0 Å². The molecule has 1 aromatic rings. The predicted octanol–water partition coefficient (Wildman–Crippen LogP) is 2.73. The molecule has 1 heterocycles. The van der Waals surface area contributed by atoms with Gasteiger partial charge < -0.3 is 4.74 Å². The number of aryl methyl sites for hydroxylation is 1. The molecule has 0 N–H and O–H groups in total. The highest BCUT2D eigenvalue weighted by molar-refractivity contribution is 6.30. The van der Waals surface area contributed by atoms with Gasteiger partial charge in [-0.15, -0.1) is 0 Å². The van der Waals surface area contributed by atoms with Crippen molar-refractivity contribution in [2.45, 2.75) is 25.0 Å². The van der Waals surface area contributed by atoms with E-state index in [2.05, 4.69) is 6.07 Å². The minimum absolute atomic E-state index is 0.368. The van der Waals surface area contributed by atoms with Crippen molar-refractivity contribution >= 4 is 11.6 Å². The Morgan fingerprint density at radius 2 is 2.33 bits per heavy atom. The largest absolute Gasteiger partial charge is 0.364 e. The first-order valence-corrected chi connectivity index (χ1v) is 4.66. The molecule has 0 unspecified atom stereocenters. The maximum absolute atomic E-state index is 5.90. The summed E-state index contributed by atoms with van der Waals surface area (Å²) >= 11 is 5.90. The van der Waals surface area contributed by atoms with Gasteiger partial charge in [-0.25, -0.2) is 0 Å². The molecule has 1 saturated heterocycles. The van der Waals surface area contributed by atoms with E-state index in [-0.39, 0.29) is 0 Å². The van der Waals surface area contributed by atoms with Crippen LogP contribution in [0.5, 0.6) is 0 Å². The molecule has 1 nitrogen and oxygen atoms in total. The van der Waals surface area contributed by atoms with E-state index in [1.165, 1.54) is 17.5 Å². The lowest BCUT2D eigenvalue weighted by atomic mass is 9.92. The van der Waals surface area contributed by atoms with Crippen molar-refractivity contribution in [2.24, 2.45) is 0 Å². The van der Waals surface area contributed by atoms with Crippen molar-refractivity contribution < 1.29 is 4.74 Å². The van der Waals surface area contributed by atoms with Crippen LogP contribution < -0.4 is 0 Å². The number of rotatable bonds is 0. The molecule has 3 rings (SSSR count). The molecule has 0 spiro atoms. The van der Waals surface area contributed by atoms with Gasteiger partial charge in [-0.05, 0) is 36.1 Å². The molecule has 1 aliphatic carbocycles. The number of epoxide rings is 1. The summed E-state index contributed by atoms with van der Waals surface area (Å²) in [5, 5.41) is 0.824. The highest BCUT2D eigenvalue weighted by Crippen LogP contribution is 2.47. The van der Waals surface area contributed by atoms with Crippen molar-refractivity contribution in [1.82, 2.24) is 0 Å². The van der Waals surface area contributed by atoms with Gasteiger partial charge in [-0.2, -0.15) is 0 Å². The summed E-state index contributed by atoms with van der Waals surface area (Å²) in [5.41, 5.74) is 2.73. The summed E-state index contributed by atoms with van der Waals surface area (Å²) in [6.45, 7) is 0. The van der Waals surface area contributed by atoms with Crippen molar-refractivity contribution in [3.8, 4) is 0 Å². The monoisotopic (exact) mass is 180 g/mol. The minimum atomic E-state index is 0.368. The molecule has 2 aliphatic rings. The third-order valence-corrected chi connectivity index (χ3v) is 2.93. The standard InChI is InChI=1S/C10H9ClO/c11-7-3-1-6-2-4-9-10(12-9)8(6)5-7/h1,3,5,9-10H,2,4H2/t9-,10-/m0/s1. The molecule has 0 bridgehead atoms. The lowest BCUT2D eigenvalue weighted by Crippen LogP contribution is -2.03. The van der Waals surface area contributed by atoms with Gasteiger partial charge in [0.1, 0.15) is 6.10 Å². The highest BCUT2D eigenvalue weighted by atomic mass is 35.5. The average molecular weight is 181 g/mol. The Morgan fingerprint density at radius 1 is 1.42 bits per heavy atom. The van der Waals surface area contributed by atoms with Crippen LogP contribution in [0.3, 0.4) is 0 Å². The molecule has 0 saturated carbocycles. The smallest absolute Gasteiger partial charge is 0.109 e. The van der Waals surface area contributed by atoms with Gasteiger partial charge in [0.25, 0.3) is 0 Å². The Hall–Kier alpha value is -0.530. The average Bonchev–Trinajstić information content (AvgIpc) is 2.82. The lowest BCUT2D eigenvalue weighted by Gasteiger charge is -2.11. The van der Waals surface area contributed by atoms with E-state index >= 15 is 0 Å². The molecular formula is C10H9ClO. The van der Waals surface area contributed by atoms with Gasteiger partial charge in [0, 0.05) is 5.02 Å². The van der Waals surface area contributed by atoms with E-state index < -0.39 is 0 Å². The lowest BCUT2D eigenvalue weighted by molar-refractivity contribution is 0.373. The van der Waals surface area contributed by atoms with Crippen LogP contribution >= 0.6 is 11.6 Å². The van der Waals surface area contributed by atoms with Gasteiger partial charge in [0.05, 0.1) is 6.10 Å². The molecule has 0 aromatic heterocycles. The van der Waals surface area contributed by atoms with Gasteiger partial charge in [-0.1, -0.05) is 17.7 Å². The first kappa shape index (κ1) is 6.93. The fraction of sp³-hybridized carbons (Fsp3) is 0.400. The van der Waals surface area contributed by atoms with Crippen molar-refractivity contribution in [1.29, 1.82) is 0 Å². The molecule has 62 valence electrons. The van der Waals surface area contributed by atoms with Crippen LogP contribution in [0.4, 0.5) is 0 Å². The molecule has 0 amide bonds. The number of hydrogen-bond donors (Lipinski definition) is 0. The number of halogens is 1. The first-order valence-electron chi connectivity index (χ1n) is 4.28. The van der Waals surface area contributed by atoms with Gasteiger partial charge in [0.15, 0.2) is 0 Å². The molecule has 12 heavy (non-hydrogen) atoms. The maximum atomic E-state index is 5.90. The normalized spacial score (nSPS) is 30.8. The number of fused-ring (bicyclic) bond motifs is 3. The summed E-state index contributed by atoms with van der Waals surface area (Å²) in [7, 11) is 0. The quantitative estimate of drug-likeness (QED) is 0.560. The zero-order chi connectivity index (χ0) is 8.13. The third-order valence-electron chi connectivity index (χ3n) is 2.70. The summed E-state index contributed by atoms with van der Waals surface area (Å²) in [6.07, 6.45) is 3.19. The Balaban J connectivity index is 2.14. The van der Waals surface area contributed by atoms with Crippen LogP contribution in [-0.4, -0.2) is 6.10 Å². The second-order valence-electron chi connectivity index (χ2n) is 3.48. The summed E-state index contributed by atoms with van der Waals surface area (Å²) < 4.78 is 5.50. The van der Waals surface area contributed by atoms with Gasteiger partial charge in [-0.3, -0.25) is 0 Å². The summed E-state index contributed by atoms with van der Waals surface area (Å²) in [6, 6.07) is 6.12. The Bertz CT molecular complexity index is 335. The van der Waals surface area contributed by atoms with Gasteiger partial charge >= 0.3 is 0 Å². The van der Waals surface area contributed by atoms with E-state index in [9.17, 15) is 0 Å². The zero-order valence-corrected chi connectivity index (χ0v) is 7.34. The van der Waals surface area contributed by atoms with Crippen LogP contribution in [-0.2, 0) is 11.2 Å². The van der Waals surface area contributed by atoms with Crippen molar-refractivity contribution in [3.63, 3.8) is 0 Å². The van der Waals surface area contributed by atoms with E-state index in [4.69, 9.17) is 16.3 Å². The fourth-order valence-electron chi connectivity index (χ4n) is 1.99. The molecular weight excluding hydrogens is 172 g/mol. The van der Waals surface area contributed by atoms with Crippen molar-refractivity contribution in [3.05, 3.63) is 34.3 Å². The summed E-state index contributed by atoms with van der Waals surface area (Å²) in [5.74, 6) is 0. The Labute approximate surface area is 76.3 Å². The Kier molecular flexibility index (Phi) is 1.29. The number of ether oxygens (including phenoxy) is 1. The highest BCUT2D eigenvalue weighted by Gasteiger charge is 2.43. The maximum Gasteiger partial charge on any atom is 0.109 e. The van der Waals surface area contributed by atoms with E-state index in [1.807, 2.05) is 12.1 Å².